The van der Waals surface area contributed by atoms with E-state index < -0.39 is 0 Å². The molecule has 3 heteroatoms. The third kappa shape index (κ3) is 3.31. The molecule has 1 aliphatic rings. The average Bonchev–Trinajstić information content (AvgIpc) is 3.24. The van der Waals surface area contributed by atoms with Crippen molar-refractivity contribution >= 4 is 11.0 Å². The molecular weight excluding hydrogens is 298 g/mol. The van der Waals surface area contributed by atoms with Crippen molar-refractivity contribution in [2.45, 2.75) is 31.7 Å². The summed E-state index contributed by atoms with van der Waals surface area (Å²) in [6, 6.07) is 17.4. The highest BCUT2D eigenvalue weighted by Gasteiger charge is 2.19. The summed E-state index contributed by atoms with van der Waals surface area (Å²) >= 11 is 0. The minimum Gasteiger partial charge on any atom is -0.490 e. The highest BCUT2D eigenvalue weighted by Crippen LogP contribution is 2.26. The topological polar surface area (TPSA) is 34.4 Å². The van der Waals surface area contributed by atoms with Crippen LogP contribution >= 0.6 is 0 Å². The van der Waals surface area contributed by atoms with Crippen molar-refractivity contribution in [1.29, 1.82) is 0 Å². The number of furan rings is 1. The quantitative estimate of drug-likeness (QED) is 0.657. The maximum atomic E-state index is 5.88. The highest BCUT2D eigenvalue weighted by atomic mass is 16.5. The Morgan fingerprint density at radius 1 is 0.958 bits per heavy atom. The van der Waals surface area contributed by atoms with E-state index in [-0.39, 0.29) is 0 Å². The largest absolute Gasteiger partial charge is 0.490 e. The predicted molar refractivity (Wildman–Crippen MR) is 96.6 cm³/mol. The number of para-hydroxylation sites is 1. The second kappa shape index (κ2) is 7.10. The van der Waals surface area contributed by atoms with E-state index in [1.54, 1.807) is 6.26 Å². The molecule has 2 aromatic carbocycles. The van der Waals surface area contributed by atoms with Gasteiger partial charge in [0.2, 0.25) is 0 Å². The molecule has 3 aromatic rings. The summed E-state index contributed by atoms with van der Waals surface area (Å²) < 4.78 is 11.4. The van der Waals surface area contributed by atoms with Crippen molar-refractivity contribution < 1.29 is 9.15 Å². The normalized spacial score (nSPS) is 14.2. The van der Waals surface area contributed by atoms with Crippen LogP contribution < -0.4 is 10.1 Å². The summed E-state index contributed by atoms with van der Waals surface area (Å²) in [6.07, 6.45) is 6.20. The summed E-state index contributed by atoms with van der Waals surface area (Å²) in [6.45, 7) is 1.78. The van der Waals surface area contributed by atoms with Crippen molar-refractivity contribution in [3.8, 4) is 5.75 Å². The molecule has 1 aromatic heterocycles. The molecule has 0 aliphatic heterocycles. The standard InChI is InChI=1S/C21H23NO2/c1-2-7-18-15-19(14-17(18)6-1)22-11-3-4-12-23-20-9-5-8-16-10-13-24-21(16)20/h1-2,5-10,13,19,22H,3-4,11-12,14-15H2. The van der Waals surface area contributed by atoms with E-state index in [0.717, 1.165) is 55.6 Å². The summed E-state index contributed by atoms with van der Waals surface area (Å²) in [5, 5.41) is 4.77. The van der Waals surface area contributed by atoms with Gasteiger partial charge in [-0.05, 0) is 55.5 Å². The van der Waals surface area contributed by atoms with E-state index in [1.165, 1.54) is 11.1 Å². The second-order valence-corrected chi connectivity index (χ2v) is 6.48. The number of ether oxygens (including phenoxy) is 1. The number of rotatable bonds is 7. The van der Waals surface area contributed by atoms with Gasteiger partial charge in [0.15, 0.2) is 11.3 Å². The number of unbranched alkanes of at least 4 members (excludes halogenated alkanes) is 1. The molecule has 3 nitrogen and oxygen atoms in total. The molecule has 124 valence electrons. The van der Waals surface area contributed by atoms with Gasteiger partial charge in [-0.1, -0.05) is 36.4 Å². The van der Waals surface area contributed by atoms with Crippen LogP contribution in [0.2, 0.25) is 0 Å². The third-order valence-electron chi connectivity index (χ3n) is 4.76. The fourth-order valence-corrected chi connectivity index (χ4v) is 3.50. The molecule has 0 saturated carbocycles. The Morgan fingerprint density at radius 3 is 2.62 bits per heavy atom. The van der Waals surface area contributed by atoms with Gasteiger partial charge in [-0.15, -0.1) is 0 Å². The first-order valence-electron chi connectivity index (χ1n) is 8.79. The lowest BCUT2D eigenvalue weighted by Crippen LogP contribution is -2.30. The Bertz CT molecular complexity index is 783. The SMILES string of the molecule is c1ccc2c(c1)CC(NCCCCOc1cccc3ccoc13)C2. The van der Waals surface area contributed by atoms with E-state index in [2.05, 4.69) is 29.6 Å². The smallest absolute Gasteiger partial charge is 0.175 e. The summed E-state index contributed by atoms with van der Waals surface area (Å²) in [4.78, 5) is 0. The molecule has 0 amide bonds. The van der Waals surface area contributed by atoms with Crippen LogP contribution in [0, 0.1) is 0 Å². The Balaban J connectivity index is 1.16. The van der Waals surface area contributed by atoms with Gasteiger partial charge >= 0.3 is 0 Å². The van der Waals surface area contributed by atoms with Crippen molar-refractivity contribution in [2.24, 2.45) is 0 Å². The Labute approximate surface area is 142 Å². The summed E-state index contributed by atoms with van der Waals surface area (Å²) in [7, 11) is 0. The maximum Gasteiger partial charge on any atom is 0.175 e. The lowest BCUT2D eigenvalue weighted by atomic mass is 10.1. The van der Waals surface area contributed by atoms with Crippen LogP contribution in [0.25, 0.3) is 11.0 Å². The Kier molecular flexibility index (Phi) is 4.52. The van der Waals surface area contributed by atoms with E-state index in [9.17, 15) is 0 Å². The molecule has 0 unspecified atom stereocenters. The fraction of sp³-hybridized carbons (Fsp3) is 0.333. The zero-order valence-corrected chi connectivity index (χ0v) is 13.8. The molecule has 24 heavy (non-hydrogen) atoms. The third-order valence-corrected chi connectivity index (χ3v) is 4.76. The maximum absolute atomic E-state index is 5.88. The Morgan fingerprint density at radius 2 is 1.79 bits per heavy atom. The minimum atomic E-state index is 0.597. The lowest BCUT2D eigenvalue weighted by molar-refractivity contribution is 0.303. The van der Waals surface area contributed by atoms with Gasteiger partial charge in [0.1, 0.15) is 0 Å². The van der Waals surface area contributed by atoms with Gasteiger partial charge in [0.05, 0.1) is 12.9 Å². The van der Waals surface area contributed by atoms with E-state index >= 15 is 0 Å². The summed E-state index contributed by atoms with van der Waals surface area (Å²) in [5.41, 5.74) is 3.86. The summed E-state index contributed by atoms with van der Waals surface area (Å²) in [5.74, 6) is 0.844. The molecule has 0 bridgehead atoms. The first kappa shape index (κ1) is 15.3. The van der Waals surface area contributed by atoms with Crippen LogP contribution in [0.5, 0.6) is 5.75 Å². The molecule has 1 N–H and O–H groups in total. The van der Waals surface area contributed by atoms with Crippen LogP contribution in [0.3, 0.4) is 0 Å². The molecule has 0 radical (unpaired) electrons. The van der Waals surface area contributed by atoms with Crippen molar-refractivity contribution in [1.82, 2.24) is 5.32 Å². The van der Waals surface area contributed by atoms with Gasteiger partial charge in [-0.25, -0.2) is 0 Å². The zero-order valence-electron chi connectivity index (χ0n) is 13.8. The van der Waals surface area contributed by atoms with E-state index in [0.29, 0.717) is 6.04 Å². The molecular formula is C21H23NO2. The van der Waals surface area contributed by atoms with Crippen LogP contribution in [-0.2, 0) is 12.8 Å². The van der Waals surface area contributed by atoms with Crippen LogP contribution in [0.15, 0.2) is 59.2 Å². The second-order valence-electron chi connectivity index (χ2n) is 6.48. The van der Waals surface area contributed by atoms with Crippen LogP contribution in [0.1, 0.15) is 24.0 Å². The predicted octanol–water partition coefficient (Wildman–Crippen LogP) is 4.35. The van der Waals surface area contributed by atoms with Gasteiger partial charge in [-0.2, -0.15) is 0 Å². The first-order chi connectivity index (χ1) is 11.9. The average molecular weight is 321 g/mol. The van der Waals surface area contributed by atoms with E-state index in [4.69, 9.17) is 9.15 Å². The van der Waals surface area contributed by atoms with Crippen molar-refractivity contribution in [3.63, 3.8) is 0 Å². The lowest BCUT2D eigenvalue weighted by Gasteiger charge is -2.12. The number of nitrogens with one attached hydrogen (secondary N) is 1. The number of hydrogen-bond donors (Lipinski definition) is 1. The molecule has 4 rings (SSSR count). The molecule has 0 fully saturated rings. The van der Waals surface area contributed by atoms with Gasteiger partial charge in [0.25, 0.3) is 0 Å². The highest BCUT2D eigenvalue weighted by molar-refractivity contribution is 5.82. The molecule has 0 saturated heterocycles. The number of fused-ring (bicyclic) bond motifs is 2. The van der Waals surface area contributed by atoms with E-state index in [1.807, 2.05) is 24.3 Å². The van der Waals surface area contributed by atoms with Crippen LogP contribution in [-0.4, -0.2) is 19.2 Å². The fourth-order valence-electron chi connectivity index (χ4n) is 3.50. The van der Waals surface area contributed by atoms with Gasteiger partial charge < -0.3 is 14.5 Å². The first-order valence-corrected chi connectivity index (χ1v) is 8.79. The van der Waals surface area contributed by atoms with Gasteiger partial charge in [-0.3, -0.25) is 0 Å². The van der Waals surface area contributed by atoms with Crippen LogP contribution in [0.4, 0.5) is 0 Å². The minimum absolute atomic E-state index is 0.597. The molecule has 1 aliphatic carbocycles. The van der Waals surface area contributed by atoms with Gasteiger partial charge in [0, 0.05) is 11.4 Å². The van der Waals surface area contributed by atoms with Crippen molar-refractivity contribution in [2.75, 3.05) is 13.2 Å². The molecule has 0 spiro atoms. The number of benzene rings is 2. The zero-order chi connectivity index (χ0) is 16.2. The number of hydrogen-bond acceptors (Lipinski definition) is 3. The molecule has 1 heterocycles. The Hall–Kier alpha value is -2.26. The monoisotopic (exact) mass is 321 g/mol. The van der Waals surface area contributed by atoms with Crippen molar-refractivity contribution in [3.05, 3.63) is 65.9 Å². The molecule has 0 atom stereocenters.